The fourth-order valence-electron chi connectivity index (χ4n) is 4.41. The molecule has 1 N–H and O–H groups in total. The SMILES string of the molecule is CC(C)NC(=O)Cn1c(-c2cccc(Cl)c2)nc2ncc(N3CCC(N(C)C)CC3)cc2c1=O. The summed E-state index contributed by atoms with van der Waals surface area (Å²) in [6.45, 7) is 5.42. The van der Waals surface area contributed by atoms with Gasteiger partial charge in [-0.15, -0.1) is 0 Å². The first-order valence-corrected chi connectivity index (χ1v) is 12.0. The molecular formula is C25H31ClN6O2. The van der Waals surface area contributed by atoms with Gasteiger partial charge in [0.05, 0.1) is 17.3 Å². The Kier molecular flexibility index (Phi) is 7.19. The summed E-state index contributed by atoms with van der Waals surface area (Å²) in [6, 6.07) is 9.47. The van der Waals surface area contributed by atoms with Gasteiger partial charge in [0.25, 0.3) is 5.56 Å². The summed E-state index contributed by atoms with van der Waals surface area (Å²) < 4.78 is 1.41. The number of aromatic nitrogens is 3. The van der Waals surface area contributed by atoms with Crippen LogP contribution in [0.15, 0.2) is 41.3 Å². The Bertz CT molecular complexity index is 1250. The van der Waals surface area contributed by atoms with Crippen molar-refractivity contribution in [3.05, 3.63) is 51.9 Å². The van der Waals surface area contributed by atoms with Crippen molar-refractivity contribution >= 4 is 34.2 Å². The van der Waals surface area contributed by atoms with Crippen LogP contribution < -0.4 is 15.8 Å². The van der Waals surface area contributed by atoms with Gasteiger partial charge in [0.1, 0.15) is 12.4 Å². The zero-order valence-corrected chi connectivity index (χ0v) is 20.8. The molecule has 1 aromatic carbocycles. The summed E-state index contributed by atoms with van der Waals surface area (Å²) in [5, 5.41) is 3.77. The Balaban J connectivity index is 1.77. The fourth-order valence-corrected chi connectivity index (χ4v) is 4.60. The molecule has 0 radical (unpaired) electrons. The van der Waals surface area contributed by atoms with Crippen molar-refractivity contribution in [2.24, 2.45) is 0 Å². The maximum atomic E-state index is 13.6. The standard InChI is InChI=1S/C25H31ClN6O2/c1-16(2)28-22(33)15-32-24(17-6-5-7-18(26)12-17)29-23-21(25(32)34)13-20(14-27-23)31-10-8-19(9-11-31)30(3)4/h5-7,12-14,16,19H,8-11,15H2,1-4H3,(H,28,33). The summed E-state index contributed by atoms with van der Waals surface area (Å²) in [7, 11) is 4.22. The lowest BCUT2D eigenvalue weighted by Crippen LogP contribution is -2.42. The highest BCUT2D eigenvalue weighted by atomic mass is 35.5. The molecule has 0 aliphatic carbocycles. The molecule has 0 bridgehead atoms. The van der Waals surface area contributed by atoms with Crippen LogP contribution in [0.5, 0.6) is 0 Å². The second-order valence-electron chi connectivity index (χ2n) is 9.31. The number of piperidine rings is 1. The first-order chi connectivity index (χ1) is 16.2. The monoisotopic (exact) mass is 482 g/mol. The predicted octanol–water partition coefficient (Wildman–Crippen LogP) is 3.17. The number of carbonyl (C=O) groups excluding carboxylic acids is 1. The van der Waals surface area contributed by atoms with Crippen LogP contribution in [-0.2, 0) is 11.3 Å². The van der Waals surface area contributed by atoms with Crippen molar-refractivity contribution in [2.75, 3.05) is 32.1 Å². The Morgan fingerprint density at radius 3 is 2.62 bits per heavy atom. The van der Waals surface area contributed by atoms with Gasteiger partial charge in [-0.05, 0) is 59.0 Å². The Hall–Kier alpha value is -2.97. The quantitative estimate of drug-likeness (QED) is 0.581. The highest BCUT2D eigenvalue weighted by molar-refractivity contribution is 6.30. The molecule has 1 aliphatic rings. The average molecular weight is 483 g/mol. The van der Waals surface area contributed by atoms with Crippen molar-refractivity contribution < 1.29 is 4.79 Å². The lowest BCUT2D eigenvalue weighted by Gasteiger charge is -2.36. The molecule has 1 saturated heterocycles. The van der Waals surface area contributed by atoms with Gasteiger partial charge in [-0.25, -0.2) is 9.97 Å². The largest absolute Gasteiger partial charge is 0.370 e. The molecular weight excluding hydrogens is 452 g/mol. The van der Waals surface area contributed by atoms with Crippen molar-refractivity contribution in [1.29, 1.82) is 0 Å². The first kappa shape index (κ1) is 24.2. The van der Waals surface area contributed by atoms with E-state index in [4.69, 9.17) is 11.6 Å². The molecule has 3 heterocycles. The van der Waals surface area contributed by atoms with E-state index in [1.165, 1.54) is 4.57 Å². The Morgan fingerprint density at radius 2 is 1.97 bits per heavy atom. The third-order valence-corrected chi connectivity index (χ3v) is 6.42. The predicted molar refractivity (Wildman–Crippen MR) is 136 cm³/mol. The van der Waals surface area contributed by atoms with E-state index in [0.717, 1.165) is 31.6 Å². The molecule has 0 atom stereocenters. The number of amides is 1. The molecule has 1 aliphatic heterocycles. The summed E-state index contributed by atoms with van der Waals surface area (Å²) in [5.41, 5.74) is 1.61. The van der Waals surface area contributed by atoms with Crippen LogP contribution in [0.25, 0.3) is 22.4 Å². The zero-order valence-electron chi connectivity index (χ0n) is 20.1. The maximum Gasteiger partial charge on any atom is 0.263 e. The number of benzene rings is 1. The number of pyridine rings is 1. The zero-order chi connectivity index (χ0) is 24.4. The minimum atomic E-state index is -0.295. The number of fused-ring (bicyclic) bond motifs is 1. The highest BCUT2D eigenvalue weighted by Gasteiger charge is 2.22. The topological polar surface area (TPSA) is 83.4 Å². The summed E-state index contributed by atoms with van der Waals surface area (Å²) >= 11 is 6.20. The van der Waals surface area contributed by atoms with Crippen molar-refractivity contribution in [2.45, 2.75) is 45.3 Å². The van der Waals surface area contributed by atoms with E-state index in [1.807, 2.05) is 26.0 Å². The van der Waals surface area contributed by atoms with E-state index in [2.05, 4.69) is 39.2 Å². The van der Waals surface area contributed by atoms with Gasteiger partial charge < -0.3 is 15.1 Å². The lowest BCUT2D eigenvalue weighted by atomic mass is 10.0. The van der Waals surface area contributed by atoms with Crippen LogP contribution in [0.3, 0.4) is 0 Å². The molecule has 8 nitrogen and oxygen atoms in total. The molecule has 0 unspecified atom stereocenters. The molecule has 180 valence electrons. The van der Waals surface area contributed by atoms with Gasteiger partial charge in [-0.2, -0.15) is 0 Å². The highest BCUT2D eigenvalue weighted by Crippen LogP contribution is 2.25. The minimum Gasteiger partial charge on any atom is -0.370 e. The average Bonchev–Trinajstić information content (AvgIpc) is 2.80. The molecule has 2 aromatic heterocycles. The number of hydrogen-bond donors (Lipinski definition) is 1. The van der Waals surface area contributed by atoms with Crippen molar-refractivity contribution in [1.82, 2.24) is 24.8 Å². The van der Waals surface area contributed by atoms with E-state index in [9.17, 15) is 9.59 Å². The third-order valence-electron chi connectivity index (χ3n) is 6.19. The number of nitrogens with one attached hydrogen (secondary N) is 1. The number of nitrogens with zero attached hydrogens (tertiary/aromatic N) is 5. The summed E-state index contributed by atoms with van der Waals surface area (Å²) in [6.07, 6.45) is 3.88. The van der Waals surface area contributed by atoms with Gasteiger partial charge in [-0.1, -0.05) is 23.7 Å². The van der Waals surface area contributed by atoms with Crippen molar-refractivity contribution in [3.8, 4) is 11.4 Å². The third kappa shape index (κ3) is 5.23. The fraction of sp³-hybridized carbons (Fsp3) is 0.440. The molecule has 1 fully saturated rings. The molecule has 34 heavy (non-hydrogen) atoms. The van der Waals surface area contributed by atoms with E-state index in [1.54, 1.807) is 24.4 Å². The van der Waals surface area contributed by atoms with Gasteiger partial charge in [0.2, 0.25) is 5.91 Å². The van der Waals surface area contributed by atoms with Crippen LogP contribution in [0.2, 0.25) is 5.02 Å². The van der Waals surface area contributed by atoms with Crippen LogP contribution in [0.4, 0.5) is 5.69 Å². The smallest absolute Gasteiger partial charge is 0.263 e. The van der Waals surface area contributed by atoms with E-state index in [-0.39, 0.29) is 24.1 Å². The Labute approximate surface area is 204 Å². The molecule has 1 amide bonds. The number of anilines is 1. The van der Waals surface area contributed by atoms with Crippen LogP contribution in [0.1, 0.15) is 26.7 Å². The second-order valence-corrected chi connectivity index (χ2v) is 9.74. The number of rotatable bonds is 6. The Morgan fingerprint density at radius 1 is 1.24 bits per heavy atom. The van der Waals surface area contributed by atoms with Crippen molar-refractivity contribution in [3.63, 3.8) is 0 Å². The lowest BCUT2D eigenvalue weighted by molar-refractivity contribution is -0.122. The van der Waals surface area contributed by atoms with E-state index < -0.39 is 0 Å². The molecule has 0 saturated carbocycles. The van der Waals surface area contributed by atoms with E-state index in [0.29, 0.717) is 33.5 Å². The van der Waals surface area contributed by atoms with Crippen LogP contribution in [-0.4, -0.2) is 64.6 Å². The van der Waals surface area contributed by atoms with Crippen LogP contribution in [0, 0.1) is 0 Å². The first-order valence-electron chi connectivity index (χ1n) is 11.6. The number of halogens is 1. The van der Waals surface area contributed by atoms with Gasteiger partial charge in [0, 0.05) is 35.8 Å². The van der Waals surface area contributed by atoms with Gasteiger partial charge in [-0.3, -0.25) is 14.2 Å². The summed E-state index contributed by atoms with van der Waals surface area (Å²) in [5.74, 6) is 0.113. The normalized spacial score (nSPS) is 14.9. The molecule has 3 aromatic rings. The number of carbonyl (C=O) groups is 1. The van der Waals surface area contributed by atoms with Gasteiger partial charge >= 0.3 is 0 Å². The molecule has 4 rings (SSSR count). The molecule has 0 spiro atoms. The molecule has 9 heteroatoms. The van der Waals surface area contributed by atoms with Gasteiger partial charge in [0.15, 0.2) is 5.65 Å². The van der Waals surface area contributed by atoms with E-state index >= 15 is 0 Å². The minimum absolute atomic E-state index is 0.0374. The van der Waals surface area contributed by atoms with Crippen LogP contribution >= 0.6 is 11.6 Å². The number of hydrogen-bond acceptors (Lipinski definition) is 6. The summed E-state index contributed by atoms with van der Waals surface area (Å²) in [4.78, 5) is 40.0. The maximum absolute atomic E-state index is 13.6. The second kappa shape index (κ2) is 10.1.